The maximum absolute atomic E-state index is 12.2. The van der Waals surface area contributed by atoms with Crippen LogP contribution in [0.15, 0.2) is 0 Å². The second kappa shape index (κ2) is 3.56. The van der Waals surface area contributed by atoms with Crippen molar-refractivity contribution in [2.45, 2.75) is 20.3 Å². The minimum absolute atomic E-state index is 0.243. The van der Waals surface area contributed by atoms with Crippen LogP contribution in [0.3, 0.4) is 0 Å². The predicted octanol–water partition coefficient (Wildman–Crippen LogP) is 0.594. The molecule has 18 heavy (non-hydrogen) atoms. The van der Waals surface area contributed by atoms with Crippen molar-refractivity contribution in [3.05, 3.63) is 0 Å². The van der Waals surface area contributed by atoms with Gasteiger partial charge in [-0.1, -0.05) is 13.8 Å². The van der Waals surface area contributed by atoms with Gasteiger partial charge in [-0.2, -0.15) is 0 Å². The van der Waals surface area contributed by atoms with Crippen LogP contribution in [-0.4, -0.2) is 34.3 Å². The molecule has 5 heteroatoms. The van der Waals surface area contributed by atoms with Gasteiger partial charge in [0.15, 0.2) is 0 Å². The van der Waals surface area contributed by atoms with Crippen LogP contribution in [0, 0.1) is 35.5 Å². The topological polar surface area (TPSA) is 74.7 Å². The summed E-state index contributed by atoms with van der Waals surface area (Å²) in [6, 6.07) is 0. The molecule has 3 aliphatic rings. The summed E-state index contributed by atoms with van der Waals surface area (Å²) in [5, 5.41) is 8.78. The van der Waals surface area contributed by atoms with Crippen molar-refractivity contribution in [2.75, 3.05) is 6.54 Å². The summed E-state index contributed by atoms with van der Waals surface area (Å²) in [7, 11) is 0. The molecule has 1 aliphatic heterocycles. The number of carboxylic acid groups (broad SMARTS) is 1. The zero-order valence-electron chi connectivity index (χ0n) is 10.5. The monoisotopic (exact) mass is 251 g/mol. The van der Waals surface area contributed by atoms with Crippen LogP contribution in [0.25, 0.3) is 0 Å². The Bertz CT molecular complexity index is 414. The lowest BCUT2D eigenvalue weighted by molar-refractivity contribution is -0.149. The number of rotatable bonds is 2. The lowest BCUT2D eigenvalue weighted by atomic mass is 9.70. The van der Waals surface area contributed by atoms with E-state index in [9.17, 15) is 14.4 Å². The highest BCUT2D eigenvalue weighted by atomic mass is 16.4. The van der Waals surface area contributed by atoms with Crippen molar-refractivity contribution in [3.8, 4) is 0 Å². The molecule has 2 amide bonds. The van der Waals surface area contributed by atoms with Crippen LogP contribution in [-0.2, 0) is 14.4 Å². The Morgan fingerprint density at radius 1 is 1.17 bits per heavy atom. The van der Waals surface area contributed by atoms with Gasteiger partial charge in [0, 0.05) is 0 Å². The first-order valence-electron chi connectivity index (χ1n) is 6.50. The number of hydrogen-bond donors (Lipinski definition) is 1. The zero-order chi connectivity index (χ0) is 13.2. The molecule has 1 saturated heterocycles. The molecule has 6 unspecified atom stereocenters. The molecule has 3 rings (SSSR count). The van der Waals surface area contributed by atoms with Crippen molar-refractivity contribution in [1.82, 2.24) is 4.90 Å². The fourth-order valence-corrected chi connectivity index (χ4v) is 4.44. The third kappa shape index (κ3) is 1.25. The number of amides is 2. The van der Waals surface area contributed by atoms with Gasteiger partial charge in [0.25, 0.3) is 0 Å². The van der Waals surface area contributed by atoms with Crippen LogP contribution < -0.4 is 0 Å². The maximum atomic E-state index is 12.2. The summed E-state index contributed by atoms with van der Waals surface area (Å²) in [4.78, 5) is 36.1. The number of imide groups is 1. The molecule has 0 spiro atoms. The molecule has 0 aromatic carbocycles. The fourth-order valence-electron chi connectivity index (χ4n) is 4.44. The van der Waals surface area contributed by atoms with Gasteiger partial charge in [0.2, 0.25) is 11.8 Å². The number of fused-ring (bicyclic) bond motifs is 5. The van der Waals surface area contributed by atoms with Crippen molar-refractivity contribution in [2.24, 2.45) is 35.5 Å². The largest absolute Gasteiger partial charge is 0.480 e. The minimum atomic E-state index is -1.12. The van der Waals surface area contributed by atoms with E-state index in [1.165, 1.54) is 0 Å². The van der Waals surface area contributed by atoms with Gasteiger partial charge in [-0.25, -0.2) is 0 Å². The number of carbonyl (C=O) groups excluding carboxylic acids is 2. The average Bonchev–Trinajstić information content (AvgIpc) is 2.88. The van der Waals surface area contributed by atoms with Gasteiger partial charge in [-0.15, -0.1) is 0 Å². The number of likely N-dealkylation sites (tertiary alicyclic amines) is 1. The Kier molecular flexibility index (Phi) is 2.31. The molecule has 2 aliphatic carbocycles. The third-order valence-corrected chi connectivity index (χ3v) is 5.43. The standard InChI is InChI=1S/C13H17NO4/c1-5-6(2)8-3-7(5)10-11(8)13(18)14(12(10)17)4-9(15)16/h5-8,10-11H,3-4H2,1-2H3,(H,15,16). The Hall–Kier alpha value is -1.39. The molecule has 2 saturated carbocycles. The van der Waals surface area contributed by atoms with E-state index in [0.29, 0.717) is 11.8 Å². The number of hydrogen-bond acceptors (Lipinski definition) is 3. The SMILES string of the molecule is CC1C(C)C2CC1C1C(=O)N(CC(=O)O)C(=O)C21. The quantitative estimate of drug-likeness (QED) is 0.729. The van der Waals surface area contributed by atoms with E-state index in [-0.39, 0.29) is 35.5 Å². The molecule has 1 heterocycles. The molecule has 0 aromatic rings. The van der Waals surface area contributed by atoms with E-state index in [4.69, 9.17) is 5.11 Å². The lowest BCUT2D eigenvalue weighted by Gasteiger charge is -2.31. The predicted molar refractivity (Wildman–Crippen MR) is 61.3 cm³/mol. The van der Waals surface area contributed by atoms with Gasteiger partial charge in [-0.3, -0.25) is 19.3 Å². The number of carbonyl (C=O) groups is 3. The van der Waals surface area contributed by atoms with Crippen molar-refractivity contribution < 1.29 is 19.5 Å². The van der Waals surface area contributed by atoms with Crippen LogP contribution in [0.1, 0.15) is 20.3 Å². The molecule has 2 bridgehead atoms. The average molecular weight is 251 g/mol. The number of nitrogens with zero attached hydrogens (tertiary/aromatic N) is 1. The highest BCUT2D eigenvalue weighted by Gasteiger charge is 2.65. The summed E-state index contributed by atoms with van der Waals surface area (Å²) >= 11 is 0. The summed E-state index contributed by atoms with van der Waals surface area (Å²) in [6.45, 7) is 3.80. The molecular weight excluding hydrogens is 234 g/mol. The van der Waals surface area contributed by atoms with Gasteiger partial charge >= 0.3 is 5.97 Å². The molecule has 1 N–H and O–H groups in total. The molecule has 6 atom stereocenters. The van der Waals surface area contributed by atoms with E-state index < -0.39 is 12.5 Å². The van der Waals surface area contributed by atoms with Gasteiger partial charge in [-0.05, 0) is 30.1 Å². The van der Waals surface area contributed by atoms with E-state index >= 15 is 0 Å². The first-order chi connectivity index (χ1) is 8.43. The Labute approximate surface area is 105 Å². The smallest absolute Gasteiger partial charge is 0.323 e. The van der Waals surface area contributed by atoms with Crippen molar-refractivity contribution in [3.63, 3.8) is 0 Å². The summed E-state index contributed by atoms with van der Waals surface area (Å²) in [5.41, 5.74) is 0. The van der Waals surface area contributed by atoms with Gasteiger partial charge < -0.3 is 5.11 Å². The second-order valence-corrected chi connectivity index (χ2v) is 5.99. The Morgan fingerprint density at radius 2 is 1.61 bits per heavy atom. The van der Waals surface area contributed by atoms with Crippen LogP contribution in [0.2, 0.25) is 0 Å². The fraction of sp³-hybridized carbons (Fsp3) is 0.769. The highest BCUT2D eigenvalue weighted by molar-refractivity contribution is 6.07. The lowest BCUT2D eigenvalue weighted by Crippen LogP contribution is -2.37. The minimum Gasteiger partial charge on any atom is -0.480 e. The molecule has 5 nitrogen and oxygen atoms in total. The first kappa shape index (κ1) is 11.7. The maximum Gasteiger partial charge on any atom is 0.323 e. The molecular formula is C13H17NO4. The Morgan fingerprint density at radius 3 is 2.00 bits per heavy atom. The van der Waals surface area contributed by atoms with Crippen molar-refractivity contribution in [1.29, 1.82) is 0 Å². The van der Waals surface area contributed by atoms with E-state index in [1.807, 2.05) is 0 Å². The Balaban J connectivity index is 1.92. The third-order valence-electron chi connectivity index (χ3n) is 5.43. The number of aliphatic carboxylic acids is 1. The van der Waals surface area contributed by atoms with Crippen LogP contribution >= 0.6 is 0 Å². The first-order valence-corrected chi connectivity index (χ1v) is 6.50. The summed E-state index contributed by atoms with van der Waals surface area (Å²) < 4.78 is 0. The van der Waals surface area contributed by atoms with E-state index in [2.05, 4.69) is 13.8 Å². The molecule has 98 valence electrons. The second-order valence-electron chi connectivity index (χ2n) is 5.99. The van der Waals surface area contributed by atoms with Crippen LogP contribution in [0.4, 0.5) is 0 Å². The van der Waals surface area contributed by atoms with Gasteiger partial charge in [0.05, 0.1) is 11.8 Å². The number of carboxylic acids is 1. The summed E-state index contributed by atoms with van der Waals surface area (Å²) in [5.74, 6) is -0.658. The molecule has 0 radical (unpaired) electrons. The van der Waals surface area contributed by atoms with E-state index in [1.54, 1.807) is 0 Å². The zero-order valence-corrected chi connectivity index (χ0v) is 10.5. The highest BCUT2D eigenvalue weighted by Crippen LogP contribution is 2.60. The van der Waals surface area contributed by atoms with E-state index in [0.717, 1.165) is 11.3 Å². The molecule has 3 fully saturated rings. The van der Waals surface area contributed by atoms with Crippen molar-refractivity contribution >= 4 is 17.8 Å². The normalized spacial score (nSPS) is 45.8. The van der Waals surface area contributed by atoms with Gasteiger partial charge in [0.1, 0.15) is 6.54 Å². The molecule has 0 aromatic heterocycles. The van der Waals surface area contributed by atoms with Crippen LogP contribution in [0.5, 0.6) is 0 Å². The summed E-state index contributed by atoms with van der Waals surface area (Å²) in [6.07, 6.45) is 0.954.